The van der Waals surface area contributed by atoms with Crippen molar-refractivity contribution in [3.63, 3.8) is 0 Å². The minimum absolute atomic E-state index is 0.0440. The lowest BCUT2D eigenvalue weighted by molar-refractivity contribution is -0.157. The molecule has 0 N–H and O–H groups in total. The van der Waals surface area contributed by atoms with E-state index in [9.17, 15) is 13.6 Å². The van der Waals surface area contributed by atoms with E-state index in [-0.39, 0.29) is 18.3 Å². The van der Waals surface area contributed by atoms with Gasteiger partial charge in [0, 0.05) is 11.1 Å². The Bertz CT molecular complexity index is 1020. The molecule has 0 saturated heterocycles. The lowest BCUT2D eigenvalue weighted by atomic mass is 9.98. The van der Waals surface area contributed by atoms with Gasteiger partial charge in [0.15, 0.2) is 12.6 Å². The first-order valence-corrected chi connectivity index (χ1v) is 9.34. The Hall–Kier alpha value is -3.09. The number of carbonyl (C=O) groups excluding carboxylic acids is 1. The second-order valence-electron chi connectivity index (χ2n) is 7.77. The van der Waals surface area contributed by atoms with Crippen molar-refractivity contribution in [3.8, 4) is 22.5 Å². The molecule has 0 atom stereocenters. The van der Waals surface area contributed by atoms with E-state index >= 15 is 0 Å². The standard InChI is InChI=1S/C22H23F2N3O2/c1-5-17-18(23)10-16(11-19(17)24)14-7-6-8-15(9-14)20-25-12-27(26-20)13-29-21(28)22(2,3)4/h6-12H,5,13H2,1-4H3. The van der Waals surface area contributed by atoms with Crippen LogP contribution in [0.4, 0.5) is 8.78 Å². The quantitative estimate of drug-likeness (QED) is 0.567. The number of halogens is 2. The first kappa shape index (κ1) is 20.6. The lowest BCUT2D eigenvalue weighted by Crippen LogP contribution is -2.24. The molecule has 0 saturated carbocycles. The minimum atomic E-state index is -0.602. The first-order valence-electron chi connectivity index (χ1n) is 9.34. The smallest absolute Gasteiger partial charge is 0.313 e. The van der Waals surface area contributed by atoms with Crippen molar-refractivity contribution in [1.29, 1.82) is 0 Å². The molecule has 0 aliphatic carbocycles. The van der Waals surface area contributed by atoms with Crippen molar-refractivity contribution in [2.24, 2.45) is 5.41 Å². The molecule has 0 bridgehead atoms. The summed E-state index contributed by atoms with van der Waals surface area (Å²) >= 11 is 0. The van der Waals surface area contributed by atoms with E-state index in [1.54, 1.807) is 52.0 Å². The summed E-state index contributed by atoms with van der Waals surface area (Å²) in [5.41, 5.74) is 1.25. The zero-order chi connectivity index (χ0) is 21.2. The molecular weight excluding hydrogens is 376 g/mol. The Labute approximate surface area is 168 Å². The molecule has 0 aliphatic heterocycles. The van der Waals surface area contributed by atoms with Gasteiger partial charge in [-0.1, -0.05) is 25.1 Å². The molecule has 0 amide bonds. The highest BCUT2D eigenvalue weighted by Crippen LogP contribution is 2.28. The molecular formula is C22H23F2N3O2. The van der Waals surface area contributed by atoms with Crippen LogP contribution < -0.4 is 0 Å². The van der Waals surface area contributed by atoms with Crippen LogP contribution in [0.25, 0.3) is 22.5 Å². The fourth-order valence-corrected chi connectivity index (χ4v) is 2.78. The number of nitrogens with zero attached hydrogens (tertiary/aromatic N) is 3. The van der Waals surface area contributed by atoms with Gasteiger partial charge in [0.05, 0.1) is 5.41 Å². The number of hydrogen-bond acceptors (Lipinski definition) is 4. The molecule has 2 aromatic carbocycles. The number of rotatable bonds is 5. The summed E-state index contributed by atoms with van der Waals surface area (Å²) in [6, 6.07) is 9.77. The van der Waals surface area contributed by atoms with Crippen molar-refractivity contribution >= 4 is 5.97 Å². The summed E-state index contributed by atoms with van der Waals surface area (Å²) in [7, 11) is 0. The second kappa shape index (κ2) is 8.11. The normalized spacial score (nSPS) is 11.5. The summed E-state index contributed by atoms with van der Waals surface area (Å²) in [6.45, 7) is 6.98. The largest absolute Gasteiger partial charge is 0.442 e. The number of benzene rings is 2. The monoisotopic (exact) mass is 399 g/mol. The predicted octanol–water partition coefficient (Wildman–Crippen LogP) is 5.00. The highest BCUT2D eigenvalue weighted by atomic mass is 19.1. The van der Waals surface area contributed by atoms with Gasteiger partial charge in [0.2, 0.25) is 0 Å². The van der Waals surface area contributed by atoms with Crippen LogP contribution in [-0.4, -0.2) is 20.7 Å². The van der Waals surface area contributed by atoms with Gasteiger partial charge in [-0.2, -0.15) is 0 Å². The fourth-order valence-electron chi connectivity index (χ4n) is 2.78. The van der Waals surface area contributed by atoms with Crippen molar-refractivity contribution in [1.82, 2.24) is 14.8 Å². The van der Waals surface area contributed by atoms with Crippen molar-refractivity contribution in [2.75, 3.05) is 0 Å². The zero-order valence-electron chi connectivity index (χ0n) is 16.9. The number of esters is 1. The maximum absolute atomic E-state index is 14.1. The van der Waals surface area contributed by atoms with Crippen LogP contribution >= 0.6 is 0 Å². The fraction of sp³-hybridized carbons (Fsp3) is 0.318. The summed E-state index contributed by atoms with van der Waals surface area (Å²) in [6.07, 6.45) is 1.76. The Balaban J connectivity index is 1.82. The van der Waals surface area contributed by atoms with E-state index in [0.29, 0.717) is 28.9 Å². The molecule has 0 aliphatic rings. The van der Waals surface area contributed by atoms with E-state index < -0.39 is 17.0 Å². The van der Waals surface area contributed by atoms with E-state index in [2.05, 4.69) is 10.1 Å². The highest BCUT2D eigenvalue weighted by molar-refractivity contribution is 5.75. The van der Waals surface area contributed by atoms with Crippen LogP contribution in [0.5, 0.6) is 0 Å². The van der Waals surface area contributed by atoms with Crippen LogP contribution in [0.15, 0.2) is 42.7 Å². The average Bonchev–Trinajstić information content (AvgIpc) is 3.14. The molecule has 1 heterocycles. The minimum Gasteiger partial charge on any atom is -0.442 e. The Kier molecular flexibility index (Phi) is 5.77. The predicted molar refractivity (Wildman–Crippen MR) is 106 cm³/mol. The Morgan fingerprint density at radius 3 is 2.34 bits per heavy atom. The van der Waals surface area contributed by atoms with Crippen LogP contribution in [0.1, 0.15) is 33.3 Å². The van der Waals surface area contributed by atoms with Gasteiger partial charge in [-0.25, -0.2) is 18.4 Å². The molecule has 0 radical (unpaired) electrons. The van der Waals surface area contributed by atoms with Crippen LogP contribution in [0.3, 0.4) is 0 Å². The molecule has 7 heteroatoms. The summed E-state index contributed by atoms with van der Waals surface area (Å²) in [5, 5.41) is 4.31. The van der Waals surface area contributed by atoms with Gasteiger partial charge in [0.1, 0.15) is 18.0 Å². The van der Waals surface area contributed by atoms with Crippen molar-refractivity contribution in [3.05, 3.63) is 59.9 Å². The average molecular weight is 399 g/mol. The third-order valence-corrected chi connectivity index (χ3v) is 4.43. The summed E-state index contributed by atoms with van der Waals surface area (Å²) in [4.78, 5) is 16.1. The molecule has 0 spiro atoms. The molecule has 3 aromatic rings. The lowest BCUT2D eigenvalue weighted by Gasteiger charge is -2.16. The maximum atomic E-state index is 14.1. The van der Waals surface area contributed by atoms with Gasteiger partial charge in [0.25, 0.3) is 0 Å². The zero-order valence-corrected chi connectivity index (χ0v) is 16.9. The maximum Gasteiger partial charge on any atom is 0.313 e. The van der Waals surface area contributed by atoms with Crippen LogP contribution in [0, 0.1) is 17.0 Å². The number of carbonyl (C=O) groups is 1. The van der Waals surface area contributed by atoms with Gasteiger partial charge >= 0.3 is 5.97 Å². The van der Waals surface area contributed by atoms with E-state index in [1.165, 1.54) is 23.1 Å². The molecule has 29 heavy (non-hydrogen) atoms. The molecule has 0 unspecified atom stereocenters. The first-order chi connectivity index (χ1) is 13.7. The molecule has 3 rings (SSSR count). The van der Waals surface area contributed by atoms with Gasteiger partial charge in [-0.15, -0.1) is 5.10 Å². The van der Waals surface area contributed by atoms with Gasteiger partial charge in [-0.3, -0.25) is 4.79 Å². The molecule has 5 nitrogen and oxygen atoms in total. The van der Waals surface area contributed by atoms with Crippen LogP contribution in [-0.2, 0) is 22.7 Å². The highest BCUT2D eigenvalue weighted by Gasteiger charge is 2.23. The Morgan fingerprint density at radius 2 is 1.72 bits per heavy atom. The van der Waals surface area contributed by atoms with Crippen molar-refractivity contribution in [2.45, 2.75) is 40.8 Å². The third-order valence-electron chi connectivity index (χ3n) is 4.43. The number of aromatic nitrogens is 3. The van der Waals surface area contributed by atoms with E-state index in [4.69, 9.17) is 4.74 Å². The SMILES string of the molecule is CCc1c(F)cc(-c2cccc(-c3ncn(COC(=O)C(C)(C)C)n3)c2)cc1F. The second-order valence-corrected chi connectivity index (χ2v) is 7.77. The number of hydrogen-bond donors (Lipinski definition) is 0. The van der Waals surface area contributed by atoms with E-state index in [1.807, 2.05) is 0 Å². The van der Waals surface area contributed by atoms with Crippen molar-refractivity contribution < 1.29 is 18.3 Å². The molecule has 152 valence electrons. The summed E-state index contributed by atoms with van der Waals surface area (Å²) < 4.78 is 34.9. The summed E-state index contributed by atoms with van der Waals surface area (Å²) in [5.74, 6) is -1.03. The molecule has 1 aromatic heterocycles. The van der Waals surface area contributed by atoms with E-state index in [0.717, 1.165) is 0 Å². The Morgan fingerprint density at radius 1 is 1.07 bits per heavy atom. The topological polar surface area (TPSA) is 57.0 Å². The van der Waals surface area contributed by atoms with Gasteiger partial charge < -0.3 is 4.74 Å². The van der Waals surface area contributed by atoms with Crippen LogP contribution in [0.2, 0.25) is 0 Å². The molecule has 0 fully saturated rings. The van der Waals surface area contributed by atoms with Gasteiger partial charge in [-0.05, 0) is 56.5 Å². The third kappa shape index (κ3) is 4.67. The number of ether oxygens (including phenoxy) is 1.